The van der Waals surface area contributed by atoms with Crippen LogP contribution >= 0.6 is 15.9 Å². The summed E-state index contributed by atoms with van der Waals surface area (Å²) in [6.07, 6.45) is 0. The predicted octanol–water partition coefficient (Wildman–Crippen LogP) is 1.87. The highest BCUT2D eigenvalue weighted by Crippen LogP contribution is 2.22. The normalized spacial score (nSPS) is 17.4. The third-order valence-electron chi connectivity index (χ3n) is 3.16. The molecule has 18 heavy (non-hydrogen) atoms. The Bertz CT molecular complexity index is 523. The Morgan fingerprint density at radius 3 is 2.89 bits per heavy atom. The smallest absolute Gasteiger partial charge is 0.139 e. The molecule has 1 aliphatic rings. The first-order chi connectivity index (χ1) is 8.72. The van der Waals surface area contributed by atoms with Crippen LogP contribution in [0.3, 0.4) is 0 Å². The first-order valence-corrected chi connectivity index (χ1v) is 6.78. The van der Waals surface area contributed by atoms with E-state index in [9.17, 15) is 4.39 Å². The number of benzene rings is 1. The van der Waals surface area contributed by atoms with Crippen molar-refractivity contribution in [2.45, 2.75) is 6.54 Å². The van der Waals surface area contributed by atoms with Crippen molar-refractivity contribution in [1.29, 1.82) is 0 Å². The third kappa shape index (κ3) is 2.41. The zero-order valence-corrected chi connectivity index (χ0v) is 11.4. The van der Waals surface area contributed by atoms with Crippen molar-refractivity contribution in [2.75, 3.05) is 26.2 Å². The number of imidazole rings is 1. The molecule has 96 valence electrons. The van der Waals surface area contributed by atoms with Crippen LogP contribution in [0.2, 0.25) is 0 Å². The Labute approximate surface area is 113 Å². The van der Waals surface area contributed by atoms with Gasteiger partial charge in [-0.25, -0.2) is 9.37 Å². The number of nitrogens with one attached hydrogen (secondary N) is 2. The van der Waals surface area contributed by atoms with E-state index in [-0.39, 0.29) is 5.82 Å². The number of halogens is 2. The van der Waals surface area contributed by atoms with Crippen molar-refractivity contribution in [3.63, 3.8) is 0 Å². The molecule has 1 aromatic heterocycles. The molecule has 3 rings (SSSR count). The number of rotatable bonds is 2. The molecule has 4 nitrogen and oxygen atoms in total. The van der Waals surface area contributed by atoms with Gasteiger partial charge in [-0.15, -0.1) is 0 Å². The summed E-state index contributed by atoms with van der Waals surface area (Å²) < 4.78 is 13.9. The van der Waals surface area contributed by atoms with Gasteiger partial charge in [0.05, 0.1) is 22.1 Å². The zero-order chi connectivity index (χ0) is 12.5. The molecule has 0 amide bonds. The highest BCUT2D eigenvalue weighted by molar-refractivity contribution is 9.10. The third-order valence-corrected chi connectivity index (χ3v) is 3.76. The molecule has 2 heterocycles. The minimum Gasteiger partial charge on any atom is -0.341 e. The molecule has 6 heteroatoms. The molecular weight excluding hydrogens is 299 g/mol. The van der Waals surface area contributed by atoms with E-state index in [0.717, 1.165) is 49.6 Å². The predicted molar refractivity (Wildman–Crippen MR) is 71.9 cm³/mol. The number of piperazine rings is 1. The van der Waals surface area contributed by atoms with Gasteiger partial charge >= 0.3 is 0 Å². The maximum absolute atomic E-state index is 13.4. The Morgan fingerprint density at radius 1 is 1.33 bits per heavy atom. The Kier molecular flexibility index (Phi) is 3.32. The van der Waals surface area contributed by atoms with E-state index >= 15 is 0 Å². The van der Waals surface area contributed by atoms with Crippen LogP contribution in [0.5, 0.6) is 0 Å². The molecule has 0 bridgehead atoms. The maximum Gasteiger partial charge on any atom is 0.139 e. The minimum absolute atomic E-state index is 0.264. The molecule has 0 radical (unpaired) electrons. The van der Waals surface area contributed by atoms with Crippen molar-refractivity contribution in [3.8, 4) is 0 Å². The lowest BCUT2D eigenvalue weighted by Gasteiger charge is -2.26. The fourth-order valence-corrected chi connectivity index (χ4v) is 2.54. The lowest BCUT2D eigenvalue weighted by Crippen LogP contribution is -2.43. The maximum atomic E-state index is 13.4. The summed E-state index contributed by atoms with van der Waals surface area (Å²) in [7, 11) is 0. The molecule has 0 aliphatic carbocycles. The topological polar surface area (TPSA) is 44.0 Å². The van der Waals surface area contributed by atoms with E-state index in [0.29, 0.717) is 4.47 Å². The summed E-state index contributed by atoms with van der Waals surface area (Å²) in [5.41, 5.74) is 1.55. The summed E-state index contributed by atoms with van der Waals surface area (Å²) in [5, 5.41) is 3.31. The largest absolute Gasteiger partial charge is 0.341 e. The number of aromatic nitrogens is 2. The van der Waals surface area contributed by atoms with Gasteiger partial charge in [-0.2, -0.15) is 0 Å². The zero-order valence-electron chi connectivity index (χ0n) is 9.84. The number of fused-ring (bicyclic) bond motifs is 1. The van der Waals surface area contributed by atoms with Crippen molar-refractivity contribution >= 4 is 27.0 Å². The van der Waals surface area contributed by atoms with Crippen LogP contribution in [0.15, 0.2) is 16.6 Å². The second kappa shape index (κ2) is 4.95. The van der Waals surface area contributed by atoms with Gasteiger partial charge < -0.3 is 10.3 Å². The van der Waals surface area contributed by atoms with Gasteiger partial charge in [0.1, 0.15) is 11.6 Å². The average Bonchev–Trinajstić information content (AvgIpc) is 2.72. The van der Waals surface area contributed by atoms with Gasteiger partial charge in [0.2, 0.25) is 0 Å². The molecule has 0 unspecified atom stereocenters. The summed E-state index contributed by atoms with van der Waals surface area (Å²) in [6.45, 7) is 4.86. The summed E-state index contributed by atoms with van der Waals surface area (Å²) >= 11 is 3.18. The molecular formula is C12H14BrFN4. The van der Waals surface area contributed by atoms with Gasteiger partial charge in [0, 0.05) is 32.2 Å². The second-order valence-corrected chi connectivity index (χ2v) is 5.35. The van der Waals surface area contributed by atoms with Gasteiger partial charge in [-0.3, -0.25) is 4.90 Å². The molecule has 1 aliphatic heterocycles. The molecule has 0 spiro atoms. The van der Waals surface area contributed by atoms with Gasteiger partial charge in [-0.05, 0) is 22.0 Å². The Balaban J connectivity index is 1.84. The van der Waals surface area contributed by atoms with Crippen molar-refractivity contribution in [3.05, 3.63) is 28.2 Å². The fraction of sp³-hybridized carbons (Fsp3) is 0.417. The van der Waals surface area contributed by atoms with E-state index in [1.807, 2.05) is 0 Å². The van der Waals surface area contributed by atoms with Crippen LogP contribution in [0.25, 0.3) is 11.0 Å². The monoisotopic (exact) mass is 312 g/mol. The van der Waals surface area contributed by atoms with Gasteiger partial charge in [0.25, 0.3) is 0 Å². The number of hydrogen-bond donors (Lipinski definition) is 2. The summed E-state index contributed by atoms with van der Waals surface area (Å²) in [6, 6.07) is 3.19. The van der Waals surface area contributed by atoms with E-state index in [1.54, 1.807) is 6.07 Å². The van der Waals surface area contributed by atoms with Crippen LogP contribution in [0.1, 0.15) is 5.82 Å². The van der Waals surface area contributed by atoms with Crippen LogP contribution in [-0.2, 0) is 6.54 Å². The van der Waals surface area contributed by atoms with Crippen LogP contribution < -0.4 is 5.32 Å². The number of nitrogens with zero attached hydrogens (tertiary/aromatic N) is 2. The van der Waals surface area contributed by atoms with Crippen molar-refractivity contribution < 1.29 is 4.39 Å². The number of aromatic amines is 1. The highest BCUT2D eigenvalue weighted by Gasteiger charge is 2.13. The first-order valence-electron chi connectivity index (χ1n) is 5.99. The van der Waals surface area contributed by atoms with Gasteiger partial charge in [0.15, 0.2) is 0 Å². The van der Waals surface area contributed by atoms with Crippen LogP contribution in [-0.4, -0.2) is 41.0 Å². The molecule has 0 saturated carbocycles. The molecule has 2 aromatic rings. The van der Waals surface area contributed by atoms with Gasteiger partial charge in [-0.1, -0.05) is 0 Å². The minimum atomic E-state index is -0.264. The van der Waals surface area contributed by atoms with E-state index in [4.69, 9.17) is 0 Å². The molecule has 1 aromatic carbocycles. The lowest BCUT2D eigenvalue weighted by molar-refractivity contribution is 0.229. The van der Waals surface area contributed by atoms with Crippen molar-refractivity contribution in [2.24, 2.45) is 0 Å². The number of hydrogen-bond acceptors (Lipinski definition) is 3. The molecule has 0 atom stereocenters. The Hall–Kier alpha value is -0.980. The van der Waals surface area contributed by atoms with E-state index < -0.39 is 0 Å². The molecule has 1 fully saturated rings. The SMILES string of the molecule is Fc1cc2[nH]c(CN3CCNCC3)nc2cc1Br. The van der Waals surface area contributed by atoms with E-state index in [1.165, 1.54) is 6.07 Å². The van der Waals surface area contributed by atoms with Crippen LogP contribution in [0.4, 0.5) is 4.39 Å². The quantitative estimate of drug-likeness (QED) is 0.890. The van der Waals surface area contributed by atoms with Crippen molar-refractivity contribution in [1.82, 2.24) is 20.2 Å². The van der Waals surface area contributed by atoms with Crippen LogP contribution in [0, 0.1) is 5.82 Å². The Morgan fingerprint density at radius 2 is 2.11 bits per heavy atom. The number of H-pyrrole nitrogens is 1. The average molecular weight is 313 g/mol. The summed E-state index contributed by atoms with van der Waals surface area (Å²) in [4.78, 5) is 10.0. The van der Waals surface area contributed by atoms with E-state index in [2.05, 4.69) is 36.1 Å². The first kappa shape index (κ1) is 12.1. The summed E-state index contributed by atoms with van der Waals surface area (Å²) in [5.74, 6) is 0.629. The standard InChI is InChI=1S/C12H14BrFN4/c13-8-5-10-11(6-9(8)14)17-12(16-10)7-18-3-1-15-2-4-18/h5-6,15H,1-4,7H2,(H,16,17). The second-order valence-electron chi connectivity index (χ2n) is 4.49. The lowest BCUT2D eigenvalue weighted by atomic mass is 10.3. The molecule has 2 N–H and O–H groups in total. The highest BCUT2D eigenvalue weighted by atomic mass is 79.9. The molecule has 1 saturated heterocycles. The fourth-order valence-electron chi connectivity index (χ4n) is 2.21.